The highest BCUT2D eigenvalue weighted by Gasteiger charge is 2.19. The van der Waals surface area contributed by atoms with Crippen LogP contribution < -0.4 is 9.64 Å². The molecule has 1 aliphatic heterocycles. The van der Waals surface area contributed by atoms with Gasteiger partial charge in [0.15, 0.2) is 0 Å². The van der Waals surface area contributed by atoms with Crippen LogP contribution >= 0.6 is 0 Å². The second kappa shape index (κ2) is 11.1. The minimum Gasteiger partial charge on any atom is -0.491 e. The van der Waals surface area contributed by atoms with E-state index >= 15 is 0 Å². The van der Waals surface area contributed by atoms with Crippen LogP contribution in [-0.2, 0) is 11.2 Å². The minimum atomic E-state index is -0.466. The summed E-state index contributed by atoms with van der Waals surface area (Å²) in [6.07, 6.45) is 0.565. The van der Waals surface area contributed by atoms with Crippen LogP contribution in [0, 0.1) is 0 Å². The molecule has 1 aliphatic rings. The standard InChI is InChI=1S/C23H32N2O3/c1-2-20-8-10-23(11-9-20)28-17-16-27-19-22(26)18-24-12-14-25(15-13-24)21-6-4-3-5-7-21/h3-11,22,26H,2,12-19H2,1H3/t22-/m0/s1. The van der Waals surface area contributed by atoms with Gasteiger partial charge in [-0.1, -0.05) is 37.3 Å². The quantitative estimate of drug-likeness (QED) is 0.638. The van der Waals surface area contributed by atoms with Gasteiger partial charge in [-0.15, -0.1) is 0 Å². The Hall–Kier alpha value is -2.08. The molecule has 0 spiro atoms. The molecule has 5 heteroatoms. The molecule has 1 N–H and O–H groups in total. The molecule has 0 saturated carbocycles. The second-order valence-corrected chi connectivity index (χ2v) is 7.20. The minimum absolute atomic E-state index is 0.344. The Kier molecular flexibility index (Phi) is 8.15. The Bertz CT molecular complexity index is 670. The van der Waals surface area contributed by atoms with Crippen LogP contribution in [-0.4, -0.2) is 68.7 Å². The van der Waals surface area contributed by atoms with Crippen LogP contribution in [0.15, 0.2) is 54.6 Å². The Morgan fingerprint density at radius 3 is 2.32 bits per heavy atom. The summed E-state index contributed by atoms with van der Waals surface area (Å²) in [5, 5.41) is 10.2. The number of ether oxygens (including phenoxy) is 2. The van der Waals surface area contributed by atoms with Gasteiger partial charge in [0.05, 0.1) is 19.3 Å². The van der Waals surface area contributed by atoms with Crippen LogP contribution in [0.25, 0.3) is 0 Å². The van der Waals surface area contributed by atoms with Gasteiger partial charge in [-0.05, 0) is 36.2 Å². The van der Waals surface area contributed by atoms with Gasteiger partial charge in [-0.25, -0.2) is 0 Å². The van der Waals surface area contributed by atoms with E-state index in [9.17, 15) is 5.11 Å². The number of aliphatic hydroxyl groups excluding tert-OH is 1. The van der Waals surface area contributed by atoms with Crippen LogP contribution in [0.1, 0.15) is 12.5 Å². The van der Waals surface area contributed by atoms with E-state index in [4.69, 9.17) is 9.47 Å². The third kappa shape index (κ3) is 6.51. The van der Waals surface area contributed by atoms with E-state index in [0.717, 1.165) is 38.3 Å². The molecule has 5 nitrogen and oxygen atoms in total. The third-order valence-corrected chi connectivity index (χ3v) is 5.10. The molecule has 2 aromatic rings. The second-order valence-electron chi connectivity index (χ2n) is 7.20. The Labute approximate surface area is 168 Å². The van der Waals surface area contributed by atoms with Crippen molar-refractivity contribution in [2.45, 2.75) is 19.4 Å². The molecule has 0 amide bonds. The van der Waals surface area contributed by atoms with Gasteiger partial charge in [0.25, 0.3) is 0 Å². The van der Waals surface area contributed by atoms with Crippen molar-refractivity contribution in [3.05, 3.63) is 60.2 Å². The van der Waals surface area contributed by atoms with Crippen LogP contribution in [0.4, 0.5) is 5.69 Å². The van der Waals surface area contributed by atoms with Gasteiger partial charge in [0.1, 0.15) is 12.4 Å². The zero-order valence-electron chi connectivity index (χ0n) is 16.8. The lowest BCUT2D eigenvalue weighted by atomic mass is 10.2. The number of β-amino-alcohol motifs (C(OH)–C–C–N with tert-alkyl or cyclic N) is 1. The fourth-order valence-electron chi connectivity index (χ4n) is 3.44. The number of rotatable bonds is 10. The summed E-state index contributed by atoms with van der Waals surface area (Å²) in [6, 6.07) is 18.6. The zero-order chi connectivity index (χ0) is 19.6. The number of aryl methyl sites for hydroxylation is 1. The lowest BCUT2D eigenvalue weighted by molar-refractivity contribution is 0.00718. The first-order valence-corrected chi connectivity index (χ1v) is 10.2. The number of anilines is 1. The Morgan fingerprint density at radius 1 is 0.929 bits per heavy atom. The van der Waals surface area contributed by atoms with Crippen molar-refractivity contribution in [3.63, 3.8) is 0 Å². The van der Waals surface area contributed by atoms with Gasteiger partial charge in [-0.2, -0.15) is 0 Å². The number of benzene rings is 2. The van der Waals surface area contributed by atoms with E-state index in [-0.39, 0.29) is 0 Å². The van der Waals surface area contributed by atoms with Crippen molar-refractivity contribution < 1.29 is 14.6 Å². The fraction of sp³-hybridized carbons (Fsp3) is 0.478. The van der Waals surface area contributed by atoms with Crippen LogP contribution in [0.2, 0.25) is 0 Å². The molecule has 1 fully saturated rings. The molecule has 1 atom stereocenters. The molecule has 1 saturated heterocycles. The maximum absolute atomic E-state index is 10.2. The fourth-order valence-corrected chi connectivity index (χ4v) is 3.44. The van der Waals surface area contributed by atoms with E-state index in [1.54, 1.807) is 0 Å². The molecule has 0 radical (unpaired) electrons. The van der Waals surface area contributed by atoms with Crippen molar-refractivity contribution in [2.75, 3.05) is 57.4 Å². The van der Waals surface area contributed by atoms with Gasteiger partial charge in [-0.3, -0.25) is 4.90 Å². The predicted octanol–water partition coefficient (Wildman–Crippen LogP) is 2.83. The molecule has 2 aromatic carbocycles. The Balaban J connectivity index is 1.26. The van der Waals surface area contributed by atoms with E-state index in [1.165, 1.54) is 11.3 Å². The van der Waals surface area contributed by atoms with Gasteiger partial charge < -0.3 is 19.5 Å². The summed E-state index contributed by atoms with van der Waals surface area (Å²) < 4.78 is 11.3. The van der Waals surface area contributed by atoms with E-state index in [0.29, 0.717) is 26.4 Å². The number of nitrogens with zero attached hydrogens (tertiary/aromatic N) is 2. The Morgan fingerprint density at radius 2 is 1.64 bits per heavy atom. The lowest BCUT2D eigenvalue weighted by Gasteiger charge is -2.36. The number of hydrogen-bond donors (Lipinski definition) is 1. The molecule has 0 unspecified atom stereocenters. The van der Waals surface area contributed by atoms with Crippen molar-refractivity contribution in [3.8, 4) is 5.75 Å². The number of aliphatic hydroxyl groups is 1. The maximum atomic E-state index is 10.2. The predicted molar refractivity (Wildman–Crippen MR) is 113 cm³/mol. The number of hydrogen-bond acceptors (Lipinski definition) is 5. The highest BCUT2D eigenvalue weighted by atomic mass is 16.5. The van der Waals surface area contributed by atoms with Crippen LogP contribution in [0.3, 0.4) is 0 Å². The summed E-state index contributed by atoms with van der Waals surface area (Å²) in [4.78, 5) is 4.70. The first kappa shape index (κ1) is 20.6. The molecule has 1 heterocycles. The lowest BCUT2D eigenvalue weighted by Crippen LogP contribution is -2.49. The summed E-state index contributed by atoms with van der Waals surface area (Å²) in [5.41, 5.74) is 2.58. The average molecular weight is 385 g/mol. The first-order chi connectivity index (χ1) is 13.7. The summed E-state index contributed by atoms with van der Waals surface area (Å²) in [6.45, 7) is 8.01. The summed E-state index contributed by atoms with van der Waals surface area (Å²) in [5.74, 6) is 0.859. The summed E-state index contributed by atoms with van der Waals surface area (Å²) >= 11 is 0. The SMILES string of the molecule is CCc1ccc(OCCOC[C@@H](O)CN2CCN(c3ccccc3)CC2)cc1. The van der Waals surface area contributed by atoms with Crippen molar-refractivity contribution >= 4 is 5.69 Å². The van der Waals surface area contributed by atoms with E-state index < -0.39 is 6.10 Å². The molecule has 0 bridgehead atoms. The highest BCUT2D eigenvalue weighted by molar-refractivity contribution is 5.46. The zero-order valence-corrected chi connectivity index (χ0v) is 16.8. The molecule has 0 aliphatic carbocycles. The topological polar surface area (TPSA) is 45.2 Å². The van der Waals surface area contributed by atoms with E-state index in [1.807, 2.05) is 18.2 Å². The van der Waals surface area contributed by atoms with E-state index in [2.05, 4.69) is 53.1 Å². The van der Waals surface area contributed by atoms with Crippen molar-refractivity contribution in [2.24, 2.45) is 0 Å². The highest BCUT2D eigenvalue weighted by Crippen LogP contribution is 2.15. The van der Waals surface area contributed by atoms with Gasteiger partial charge in [0, 0.05) is 38.4 Å². The molecular weight excluding hydrogens is 352 g/mol. The summed E-state index contributed by atoms with van der Waals surface area (Å²) in [7, 11) is 0. The molecule has 0 aromatic heterocycles. The first-order valence-electron chi connectivity index (χ1n) is 10.2. The van der Waals surface area contributed by atoms with Crippen LogP contribution in [0.5, 0.6) is 5.75 Å². The molecule has 28 heavy (non-hydrogen) atoms. The number of piperazine rings is 1. The van der Waals surface area contributed by atoms with Crippen molar-refractivity contribution in [1.29, 1.82) is 0 Å². The molecule has 152 valence electrons. The molecule has 3 rings (SSSR count). The molecular formula is C23H32N2O3. The number of para-hydroxylation sites is 1. The normalized spacial score (nSPS) is 16.1. The van der Waals surface area contributed by atoms with Crippen molar-refractivity contribution in [1.82, 2.24) is 4.90 Å². The third-order valence-electron chi connectivity index (χ3n) is 5.10. The maximum Gasteiger partial charge on any atom is 0.119 e. The van der Waals surface area contributed by atoms with Gasteiger partial charge in [0.2, 0.25) is 0 Å². The average Bonchev–Trinajstić information content (AvgIpc) is 2.75. The largest absolute Gasteiger partial charge is 0.491 e. The smallest absolute Gasteiger partial charge is 0.119 e. The monoisotopic (exact) mass is 384 g/mol. The van der Waals surface area contributed by atoms with Gasteiger partial charge >= 0.3 is 0 Å².